The lowest BCUT2D eigenvalue weighted by atomic mass is 10.1. The van der Waals surface area contributed by atoms with Gasteiger partial charge in [0.25, 0.3) is 0 Å². The molecule has 0 spiro atoms. The quantitative estimate of drug-likeness (QED) is 0.812. The van der Waals surface area contributed by atoms with Crippen molar-refractivity contribution in [2.24, 2.45) is 7.05 Å². The van der Waals surface area contributed by atoms with E-state index < -0.39 is 10.0 Å². The Hall–Kier alpha value is -1.86. The fourth-order valence-electron chi connectivity index (χ4n) is 1.93. The molecule has 2 rings (SSSR count). The number of aryl methyl sites for hydroxylation is 1. The first kappa shape index (κ1) is 15.5. The van der Waals surface area contributed by atoms with Gasteiger partial charge in [0, 0.05) is 19.8 Å². The molecule has 0 aliphatic carbocycles. The molecule has 1 heterocycles. The minimum atomic E-state index is -3.42. The molecule has 1 aromatic heterocycles. The van der Waals surface area contributed by atoms with Gasteiger partial charge in [-0.3, -0.25) is 9.40 Å². The van der Waals surface area contributed by atoms with E-state index in [0.29, 0.717) is 5.69 Å². The predicted molar refractivity (Wildman–Crippen MR) is 83.3 cm³/mol. The van der Waals surface area contributed by atoms with Crippen LogP contribution in [0.3, 0.4) is 0 Å². The fourth-order valence-corrected chi connectivity index (χ4v) is 3.10. The maximum Gasteiger partial charge on any atom is 0.237 e. The molecule has 0 saturated carbocycles. The van der Waals surface area contributed by atoms with Gasteiger partial charge in [-0.1, -0.05) is 31.2 Å². The molecule has 0 bridgehead atoms. The van der Waals surface area contributed by atoms with Crippen molar-refractivity contribution in [1.29, 1.82) is 0 Å². The molecule has 6 nitrogen and oxygen atoms in total. The molecule has 21 heavy (non-hydrogen) atoms. The van der Waals surface area contributed by atoms with Gasteiger partial charge in [-0.05, 0) is 17.7 Å². The average molecular weight is 308 g/mol. The molecule has 0 aliphatic heterocycles. The Morgan fingerprint density at radius 1 is 1.19 bits per heavy atom. The summed E-state index contributed by atoms with van der Waals surface area (Å²) in [5, 5.41) is 7.16. The molecule has 7 heteroatoms. The first-order valence-electron chi connectivity index (χ1n) is 6.76. The smallest absolute Gasteiger partial charge is 0.237 e. The Bertz CT molecular complexity index is 677. The Balaban J connectivity index is 1.99. The Morgan fingerprint density at radius 3 is 2.43 bits per heavy atom. The van der Waals surface area contributed by atoms with E-state index in [0.717, 1.165) is 24.2 Å². The lowest BCUT2D eigenvalue weighted by Crippen LogP contribution is -2.15. The van der Waals surface area contributed by atoms with E-state index in [4.69, 9.17) is 0 Å². The number of hydrogen-bond donors (Lipinski definition) is 2. The SMILES string of the molecule is CCNCc1ccc(CS(=O)(=O)Nc2cnn(C)c2)cc1. The zero-order valence-electron chi connectivity index (χ0n) is 12.2. The summed E-state index contributed by atoms with van der Waals surface area (Å²) >= 11 is 0. The molecule has 0 atom stereocenters. The number of sulfonamides is 1. The van der Waals surface area contributed by atoms with Crippen LogP contribution in [0.25, 0.3) is 0 Å². The van der Waals surface area contributed by atoms with Crippen LogP contribution in [0.4, 0.5) is 5.69 Å². The monoisotopic (exact) mass is 308 g/mol. The van der Waals surface area contributed by atoms with Gasteiger partial charge in [0.15, 0.2) is 0 Å². The second kappa shape index (κ2) is 6.73. The highest BCUT2D eigenvalue weighted by molar-refractivity contribution is 7.91. The van der Waals surface area contributed by atoms with Crippen molar-refractivity contribution >= 4 is 15.7 Å². The largest absolute Gasteiger partial charge is 0.313 e. The van der Waals surface area contributed by atoms with Crippen LogP contribution in [-0.2, 0) is 29.4 Å². The van der Waals surface area contributed by atoms with Crippen LogP contribution in [0, 0.1) is 0 Å². The third kappa shape index (κ3) is 4.87. The van der Waals surface area contributed by atoms with E-state index in [9.17, 15) is 8.42 Å². The zero-order chi connectivity index (χ0) is 15.3. The summed E-state index contributed by atoms with van der Waals surface area (Å²) in [6, 6.07) is 7.57. The first-order valence-corrected chi connectivity index (χ1v) is 8.41. The summed E-state index contributed by atoms with van der Waals surface area (Å²) < 4.78 is 28.2. The normalized spacial score (nSPS) is 11.5. The number of nitrogens with one attached hydrogen (secondary N) is 2. The number of anilines is 1. The number of hydrogen-bond acceptors (Lipinski definition) is 4. The van der Waals surface area contributed by atoms with Crippen molar-refractivity contribution in [1.82, 2.24) is 15.1 Å². The summed E-state index contributed by atoms with van der Waals surface area (Å²) in [4.78, 5) is 0. The number of aromatic nitrogens is 2. The van der Waals surface area contributed by atoms with Gasteiger partial charge in [0.2, 0.25) is 10.0 Å². The molecule has 0 aliphatic rings. The van der Waals surface area contributed by atoms with Crippen molar-refractivity contribution in [3.63, 3.8) is 0 Å². The van der Waals surface area contributed by atoms with E-state index in [1.165, 1.54) is 6.20 Å². The van der Waals surface area contributed by atoms with Gasteiger partial charge >= 0.3 is 0 Å². The van der Waals surface area contributed by atoms with Crippen molar-refractivity contribution in [3.8, 4) is 0 Å². The lowest BCUT2D eigenvalue weighted by molar-refractivity contribution is 0.600. The second-order valence-electron chi connectivity index (χ2n) is 4.86. The van der Waals surface area contributed by atoms with Gasteiger partial charge in [0.1, 0.15) is 0 Å². The molecule has 0 amide bonds. The summed E-state index contributed by atoms with van der Waals surface area (Å²) in [6.45, 7) is 3.74. The predicted octanol–water partition coefficient (Wildman–Crippen LogP) is 1.47. The summed E-state index contributed by atoms with van der Waals surface area (Å²) in [6.07, 6.45) is 3.11. The minimum absolute atomic E-state index is 0.0522. The number of nitrogens with zero attached hydrogens (tertiary/aromatic N) is 2. The van der Waals surface area contributed by atoms with Gasteiger partial charge in [0.05, 0.1) is 17.6 Å². The highest BCUT2D eigenvalue weighted by atomic mass is 32.2. The van der Waals surface area contributed by atoms with Crippen LogP contribution >= 0.6 is 0 Å². The van der Waals surface area contributed by atoms with Gasteiger partial charge in [-0.15, -0.1) is 0 Å². The van der Waals surface area contributed by atoms with E-state index in [2.05, 4.69) is 15.1 Å². The molecule has 114 valence electrons. The summed E-state index contributed by atoms with van der Waals surface area (Å²) in [5.74, 6) is -0.0522. The van der Waals surface area contributed by atoms with Crippen LogP contribution in [-0.4, -0.2) is 24.7 Å². The molecule has 1 aromatic carbocycles. The molecule has 2 N–H and O–H groups in total. The van der Waals surface area contributed by atoms with Crippen LogP contribution in [0.2, 0.25) is 0 Å². The number of benzene rings is 1. The second-order valence-corrected chi connectivity index (χ2v) is 6.58. The summed E-state index contributed by atoms with van der Waals surface area (Å²) in [5.41, 5.74) is 2.37. The van der Waals surface area contributed by atoms with Crippen LogP contribution < -0.4 is 10.0 Å². The third-order valence-corrected chi connectivity index (χ3v) is 4.20. The van der Waals surface area contributed by atoms with E-state index in [-0.39, 0.29) is 5.75 Å². The topological polar surface area (TPSA) is 76.0 Å². The fraction of sp³-hybridized carbons (Fsp3) is 0.357. The molecule has 2 aromatic rings. The highest BCUT2D eigenvalue weighted by Crippen LogP contribution is 2.12. The van der Waals surface area contributed by atoms with E-state index in [1.807, 2.05) is 31.2 Å². The minimum Gasteiger partial charge on any atom is -0.313 e. The van der Waals surface area contributed by atoms with Crippen LogP contribution in [0.5, 0.6) is 0 Å². The van der Waals surface area contributed by atoms with Gasteiger partial charge in [-0.2, -0.15) is 5.10 Å². The van der Waals surface area contributed by atoms with Gasteiger partial charge < -0.3 is 5.32 Å². The first-order chi connectivity index (χ1) is 9.98. The molecular weight excluding hydrogens is 288 g/mol. The zero-order valence-corrected chi connectivity index (χ0v) is 13.0. The van der Waals surface area contributed by atoms with E-state index in [1.54, 1.807) is 17.9 Å². The Labute approximate surface area is 125 Å². The van der Waals surface area contributed by atoms with Crippen molar-refractivity contribution in [2.75, 3.05) is 11.3 Å². The van der Waals surface area contributed by atoms with Crippen LogP contribution in [0.15, 0.2) is 36.7 Å². The molecular formula is C14H20N4O2S. The molecule has 0 radical (unpaired) electrons. The Morgan fingerprint density at radius 2 is 1.86 bits per heavy atom. The Kier molecular flexibility index (Phi) is 4.98. The molecule has 0 fully saturated rings. The molecule has 0 unspecified atom stereocenters. The van der Waals surface area contributed by atoms with Crippen molar-refractivity contribution in [3.05, 3.63) is 47.8 Å². The van der Waals surface area contributed by atoms with E-state index >= 15 is 0 Å². The van der Waals surface area contributed by atoms with Crippen LogP contribution in [0.1, 0.15) is 18.1 Å². The van der Waals surface area contributed by atoms with Crippen molar-refractivity contribution < 1.29 is 8.42 Å². The average Bonchev–Trinajstić information content (AvgIpc) is 2.82. The maximum absolute atomic E-state index is 12.1. The number of rotatable bonds is 7. The molecule has 0 saturated heterocycles. The van der Waals surface area contributed by atoms with Gasteiger partial charge in [-0.25, -0.2) is 8.42 Å². The third-order valence-electron chi connectivity index (χ3n) is 2.94. The summed E-state index contributed by atoms with van der Waals surface area (Å²) in [7, 11) is -1.69. The standard InChI is InChI=1S/C14H20N4O2S/c1-3-15-8-12-4-6-13(7-5-12)11-21(19,20)17-14-9-16-18(2)10-14/h4-7,9-10,15,17H,3,8,11H2,1-2H3. The highest BCUT2D eigenvalue weighted by Gasteiger charge is 2.12. The lowest BCUT2D eigenvalue weighted by Gasteiger charge is -2.07. The maximum atomic E-state index is 12.1. The van der Waals surface area contributed by atoms with Crippen molar-refractivity contribution in [2.45, 2.75) is 19.2 Å².